The van der Waals surface area contributed by atoms with E-state index in [-0.39, 0.29) is 12.5 Å². The molecule has 0 N–H and O–H groups in total. The average molecular weight is 408 g/mol. The zero-order valence-corrected chi connectivity index (χ0v) is 16.4. The first kappa shape index (κ1) is 19.1. The van der Waals surface area contributed by atoms with Gasteiger partial charge in [0.1, 0.15) is 5.75 Å². The number of aryl methyl sites for hydroxylation is 1. The van der Waals surface area contributed by atoms with Gasteiger partial charge in [0.25, 0.3) is 5.91 Å². The molecule has 0 atom stereocenters. The second-order valence-corrected chi connectivity index (χ2v) is 6.49. The first-order valence-corrected chi connectivity index (χ1v) is 8.57. The summed E-state index contributed by atoms with van der Waals surface area (Å²) in [5.74, 6) is 1.88. The van der Waals surface area contributed by atoms with Gasteiger partial charge in [0.05, 0.1) is 14.2 Å². The number of methoxy groups -OCH3 is 2. The molecule has 134 valence electrons. The highest BCUT2D eigenvalue weighted by molar-refractivity contribution is 9.10. The van der Waals surface area contributed by atoms with Gasteiger partial charge in [-0.15, -0.1) is 0 Å². The van der Waals surface area contributed by atoms with Crippen molar-refractivity contribution in [1.82, 2.24) is 4.90 Å². The van der Waals surface area contributed by atoms with Gasteiger partial charge in [0.2, 0.25) is 0 Å². The second kappa shape index (κ2) is 8.76. The highest BCUT2D eigenvalue weighted by Gasteiger charge is 2.12. The molecule has 0 radical (unpaired) electrons. The summed E-state index contributed by atoms with van der Waals surface area (Å²) in [6, 6.07) is 11.2. The summed E-state index contributed by atoms with van der Waals surface area (Å²) in [5.41, 5.74) is 2.01. The molecule has 5 nitrogen and oxygen atoms in total. The molecule has 2 rings (SSSR count). The number of ether oxygens (including phenoxy) is 3. The summed E-state index contributed by atoms with van der Waals surface area (Å²) in [7, 11) is 4.92. The predicted octanol–water partition coefficient (Wildman–Crippen LogP) is 3.81. The van der Waals surface area contributed by atoms with E-state index in [1.54, 1.807) is 26.2 Å². The largest absolute Gasteiger partial charge is 0.493 e. The van der Waals surface area contributed by atoms with Crippen LogP contribution in [0.25, 0.3) is 0 Å². The Morgan fingerprint density at radius 3 is 2.44 bits per heavy atom. The summed E-state index contributed by atoms with van der Waals surface area (Å²) in [5, 5.41) is 0. The van der Waals surface area contributed by atoms with Gasteiger partial charge in [-0.3, -0.25) is 4.79 Å². The van der Waals surface area contributed by atoms with E-state index < -0.39 is 0 Å². The number of carbonyl (C=O) groups is 1. The normalized spacial score (nSPS) is 10.3. The Morgan fingerprint density at radius 2 is 1.80 bits per heavy atom. The number of amides is 1. The Bertz CT molecular complexity index is 748. The first-order chi connectivity index (χ1) is 11.9. The molecular formula is C19H22BrNO4. The highest BCUT2D eigenvalue weighted by Crippen LogP contribution is 2.28. The topological polar surface area (TPSA) is 48.0 Å². The minimum Gasteiger partial charge on any atom is -0.493 e. The third-order valence-electron chi connectivity index (χ3n) is 3.79. The number of halogens is 1. The van der Waals surface area contributed by atoms with Crippen LogP contribution in [0.3, 0.4) is 0 Å². The van der Waals surface area contributed by atoms with Gasteiger partial charge in [-0.05, 0) is 48.4 Å². The van der Waals surface area contributed by atoms with Gasteiger partial charge in [-0.1, -0.05) is 22.0 Å². The van der Waals surface area contributed by atoms with Crippen LogP contribution in [0.15, 0.2) is 40.9 Å². The molecule has 0 aliphatic heterocycles. The van der Waals surface area contributed by atoms with E-state index in [0.717, 1.165) is 15.6 Å². The molecule has 0 fully saturated rings. The number of likely N-dealkylation sites (N-methyl/N-ethyl adjacent to an activating group) is 1. The fourth-order valence-corrected chi connectivity index (χ4v) is 2.55. The number of benzene rings is 2. The van der Waals surface area contributed by atoms with Gasteiger partial charge in [-0.2, -0.15) is 0 Å². The van der Waals surface area contributed by atoms with Crippen LogP contribution in [0.2, 0.25) is 0 Å². The van der Waals surface area contributed by atoms with Crippen molar-refractivity contribution in [3.8, 4) is 17.2 Å². The van der Waals surface area contributed by atoms with Crippen LogP contribution in [-0.4, -0.2) is 38.7 Å². The molecule has 2 aromatic rings. The Balaban J connectivity index is 1.94. The van der Waals surface area contributed by atoms with Gasteiger partial charge in [0, 0.05) is 18.1 Å². The standard InChI is InChI=1S/C19H22BrNO4/c1-13-9-15(6-7-16(13)20)25-12-19(22)21(2)11-14-5-8-17(23-3)18(10-14)24-4/h5-10H,11-12H2,1-4H3. The Labute approximate surface area is 156 Å². The summed E-state index contributed by atoms with van der Waals surface area (Å²) in [6.07, 6.45) is 0. The lowest BCUT2D eigenvalue weighted by atomic mass is 10.2. The van der Waals surface area contributed by atoms with Crippen LogP contribution in [0.1, 0.15) is 11.1 Å². The summed E-state index contributed by atoms with van der Waals surface area (Å²) >= 11 is 3.44. The smallest absolute Gasteiger partial charge is 0.260 e. The van der Waals surface area contributed by atoms with Crippen molar-refractivity contribution < 1.29 is 19.0 Å². The van der Waals surface area contributed by atoms with Crippen LogP contribution in [-0.2, 0) is 11.3 Å². The molecule has 0 aromatic heterocycles. The van der Waals surface area contributed by atoms with Gasteiger partial charge in [0.15, 0.2) is 18.1 Å². The van der Waals surface area contributed by atoms with E-state index in [4.69, 9.17) is 14.2 Å². The van der Waals surface area contributed by atoms with Crippen LogP contribution in [0.4, 0.5) is 0 Å². The Hall–Kier alpha value is -2.21. The molecular weight excluding hydrogens is 386 g/mol. The molecule has 25 heavy (non-hydrogen) atoms. The van der Waals surface area contributed by atoms with Gasteiger partial charge in [-0.25, -0.2) is 0 Å². The van der Waals surface area contributed by atoms with E-state index >= 15 is 0 Å². The highest BCUT2D eigenvalue weighted by atomic mass is 79.9. The predicted molar refractivity (Wildman–Crippen MR) is 100 cm³/mol. The Kier molecular flexibility index (Phi) is 6.70. The van der Waals surface area contributed by atoms with E-state index in [9.17, 15) is 4.79 Å². The van der Waals surface area contributed by atoms with Crippen molar-refractivity contribution in [2.24, 2.45) is 0 Å². The zero-order chi connectivity index (χ0) is 18.4. The van der Waals surface area contributed by atoms with Crippen LogP contribution >= 0.6 is 15.9 Å². The summed E-state index contributed by atoms with van der Waals surface area (Å²) < 4.78 is 17.1. The molecule has 0 aliphatic rings. The molecule has 0 saturated heterocycles. The molecule has 0 bridgehead atoms. The molecule has 0 heterocycles. The lowest BCUT2D eigenvalue weighted by Gasteiger charge is -2.18. The number of hydrogen-bond donors (Lipinski definition) is 0. The van der Waals surface area contributed by atoms with Crippen LogP contribution in [0.5, 0.6) is 17.2 Å². The maximum absolute atomic E-state index is 12.3. The maximum atomic E-state index is 12.3. The molecule has 0 saturated carbocycles. The minimum absolute atomic E-state index is 0.00907. The van der Waals surface area contributed by atoms with Crippen molar-refractivity contribution >= 4 is 21.8 Å². The third kappa shape index (κ3) is 5.13. The van der Waals surface area contributed by atoms with Crippen molar-refractivity contribution in [3.05, 3.63) is 52.0 Å². The molecule has 0 aliphatic carbocycles. The monoisotopic (exact) mass is 407 g/mol. The third-order valence-corrected chi connectivity index (χ3v) is 4.67. The quantitative estimate of drug-likeness (QED) is 0.699. The van der Waals surface area contributed by atoms with Crippen LogP contribution < -0.4 is 14.2 Å². The van der Waals surface area contributed by atoms with Crippen molar-refractivity contribution in [2.45, 2.75) is 13.5 Å². The SMILES string of the molecule is COc1ccc(CN(C)C(=O)COc2ccc(Br)c(C)c2)cc1OC. The molecule has 0 unspecified atom stereocenters. The van der Waals surface area contributed by atoms with E-state index in [2.05, 4.69) is 15.9 Å². The fourth-order valence-electron chi connectivity index (χ4n) is 2.30. The molecule has 0 spiro atoms. The number of hydrogen-bond acceptors (Lipinski definition) is 4. The number of rotatable bonds is 7. The van der Waals surface area contributed by atoms with Crippen molar-refractivity contribution in [1.29, 1.82) is 0 Å². The lowest BCUT2D eigenvalue weighted by Crippen LogP contribution is -2.30. The van der Waals surface area contributed by atoms with Crippen LogP contribution in [0, 0.1) is 6.92 Å². The lowest BCUT2D eigenvalue weighted by molar-refractivity contribution is -0.132. The van der Waals surface area contributed by atoms with Gasteiger partial charge < -0.3 is 19.1 Å². The second-order valence-electron chi connectivity index (χ2n) is 5.64. The number of nitrogens with zero attached hydrogens (tertiary/aromatic N) is 1. The van der Waals surface area contributed by atoms with E-state index in [0.29, 0.717) is 23.8 Å². The molecule has 6 heteroatoms. The average Bonchev–Trinajstić information content (AvgIpc) is 2.62. The van der Waals surface area contributed by atoms with Crippen molar-refractivity contribution in [3.63, 3.8) is 0 Å². The minimum atomic E-state index is -0.102. The van der Waals surface area contributed by atoms with Crippen molar-refractivity contribution in [2.75, 3.05) is 27.9 Å². The maximum Gasteiger partial charge on any atom is 0.260 e. The van der Waals surface area contributed by atoms with E-state index in [1.807, 2.05) is 43.3 Å². The zero-order valence-electron chi connectivity index (χ0n) is 14.8. The molecule has 2 aromatic carbocycles. The van der Waals surface area contributed by atoms with E-state index in [1.165, 1.54) is 0 Å². The summed E-state index contributed by atoms with van der Waals surface area (Å²) in [6.45, 7) is 2.43. The fraction of sp³-hybridized carbons (Fsp3) is 0.316. The van der Waals surface area contributed by atoms with Gasteiger partial charge >= 0.3 is 0 Å². The first-order valence-electron chi connectivity index (χ1n) is 7.78. The number of carbonyl (C=O) groups excluding carboxylic acids is 1. The Morgan fingerprint density at radius 1 is 1.08 bits per heavy atom. The summed E-state index contributed by atoms with van der Waals surface area (Å²) in [4.78, 5) is 13.9. The molecule has 1 amide bonds.